The first-order valence-electron chi connectivity index (χ1n) is 7.43. The van der Waals surface area contributed by atoms with Crippen LogP contribution in [0.2, 0.25) is 0 Å². The predicted molar refractivity (Wildman–Crippen MR) is 80.6 cm³/mol. The van der Waals surface area contributed by atoms with Crippen LogP contribution < -0.4 is 10.5 Å². The van der Waals surface area contributed by atoms with Crippen molar-refractivity contribution in [3.05, 3.63) is 29.3 Å². The van der Waals surface area contributed by atoms with Crippen molar-refractivity contribution in [2.24, 2.45) is 17.6 Å². The highest BCUT2D eigenvalue weighted by Gasteiger charge is 2.31. The van der Waals surface area contributed by atoms with Gasteiger partial charge in [0, 0.05) is 6.04 Å². The molecule has 0 spiro atoms. The molecule has 0 radical (unpaired) electrons. The fourth-order valence-corrected chi connectivity index (χ4v) is 3.38. The van der Waals surface area contributed by atoms with Gasteiger partial charge in [-0.25, -0.2) is 0 Å². The van der Waals surface area contributed by atoms with Crippen LogP contribution in [-0.2, 0) is 0 Å². The molecule has 106 valence electrons. The molecule has 0 bridgehead atoms. The van der Waals surface area contributed by atoms with E-state index in [1.54, 1.807) is 7.11 Å². The molecule has 1 fully saturated rings. The Morgan fingerprint density at radius 3 is 2.58 bits per heavy atom. The van der Waals surface area contributed by atoms with Crippen LogP contribution in [-0.4, -0.2) is 13.2 Å². The predicted octanol–water partition coefficient (Wildman–Crippen LogP) is 3.87. The second kappa shape index (κ2) is 5.96. The Labute approximate surface area is 117 Å². The molecule has 2 heteroatoms. The maximum Gasteiger partial charge on any atom is 0.119 e. The van der Waals surface area contributed by atoms with E-state index < -0.39 is 0 Å². The van der Waals surface area contributed by atoms with Gasteiger partial charge < -0.3 is 10.5 Å². The summed E-state index contributed by atoms with van der Waals surface area (Å²) in [5.74, 6) is 3.01. The molecule has 0 aliphatic heterocycles. The van der Waals surface area contributed by atoms with Crippen LogP contribution in [0, 0.1) is 18.8 Å². The standard InChI is InChI=1S/C17H27NO/c1-11(2)13-5-8-17(18)16(10-13)15-7-6-14(19-4)9-12(15)3/h6-7,9,11,13,16-17H,5,8,10,18H2,1-4H3. The highest BCUT2D eigenvalue weighted by molar-refractivity contribution is 5.37. The van der Waals surface area contributed by atoms with Crippen molar-refractivity contribution in [1.82, 2.24) is 0 Å². The molecule has 2 N–H and O–H groups in total. The second-order valence-electron chi connectivity index (χ2n) is 6.31. The number of ether oxygens (including phenoxy) is 1. The molecule has 0 saturated heterocycles. The molecule has 19 heavy (non-hydrogen) atoms. The smallest absolute Gasteiger partial charge is 0.119 e. The summed E-state index contributed by atoms with van der Waals surface area (Å²) in [4.78, 5) is 0. The third-order valence-electron chi connectivity index (χ3n) is 4.76. The number of rotatable bonds is 3. The normalized spacial score (nSPS) is 27.6. The third-order valence-corrected chi connectivity index (χ3v) is 4.76. The molecule has 1 aromatic carbocycles. The van der Waals surface area contributed by atoms with Gasteiger partial charge in [-0.1, -0.05) is 19.9 Å². The summed E-state index contributed by atoms with van der Waals surface area (Å²) in [6.45, 7) is 6.84. The number of hydrogen-bond donors (Lipinski definition) is 1. The summed E-state index contributed by atoms with van der Waals surface area (Å²) >= 11 is 0. The van der Waals surface area contributed by atoms with Gasteiger partial charge in [-0.15, -0.1) is 0 Å². The van der Waals surface area contributed by atoms with Crippen LogP contribution in [0.15, 0.2) is 18.2 Å². The summed E-state index contributed by atoms with van der Waals surface area (Å²) in [6, 6.07) is 6.71. The quantitative estimate of drug-likeness (QED) is 0.896. The summed E-state index contributed by atoms with van der Waals surface area (Å²) in [5.41, 5.74) is 9.11. The van der Waals surface area contributed by atoms with E-state index in [9.17, 15) is 0 Å². The van der Waals surface area contributed by atoms with Gasteiger partial charge in [-0.3, -0.25) is 0 Å². The highest BCUT2D eigenvalue weighted by Crippen LogP contribution is 2.40. The largest absolute Gasteiger partial charge is 0.497 e. The van der Waals surface area contributed by atoms with Crippen molar-refractivity contribution in [3.63, 3.8) is 0 Å². The fraction of sp³-hybridized carbons (Fsp3) is 0.647. The molecular weight excluding hydrogens is 234 g/mol. The lowest BCUT2D eigenvalue weighted by molar-refractivity contribution is 0.232. The molecule has 1 aliphatic carbocycles. The summed E-state index contributed by atoms with van der Waals surface area (Å²) < 4.78 is 5.29. The Kier molecular flexibility index (Phi) is 4.51. The van der Waals surface area contributed by atoms with Crippen molar-refractivity contribution in [2.75, 3.05) is 7.11 Å². The van der Waals surface area contributed by atoms with E-state index >= 15 is 0 Å². The average Bonchev–Trinajstić information content (AvgIpc) is 2.39. The summed E-state index contributed by atoms with van der Waals surface area (Å²) in [5, 5.41) is 0. The molecule has 1 aliphatic rings. The Morgan fingerprint density at radius 2 is 2.00 bits per heavy atom. The van der Waals surface area contributed by atoms with Gasteiger partial charge in [0.05, 0.1) is 7.11 Å². The maximum atomic E-state index is 6.38. The lowest BCUT2D eigenvalue weighted by Crippen LogP contribution is -2.36. The Balaban J connectivity index is 2.23. The van der Waals surface area contributed by atoms with Crippen molar-refractivity contribution in [3.8, 4) is 5.75 Å². The molecular formula is C17H27NO. The number of nitrogens with two attached hydrogens (primary N) is 1. The number of aryl methyl sites for hydroxylation is 1. The van der Waals surface area contributed by atoms with E-state index in [1.165, 1.54) is 24.0 Å². The molecule has 1 aromatic rings. The van der Waals surface area contributed by atoms with Crippen molar-refractivity contribution < 1.29 is 4.74 Å². The Morgan fingerprint density at radius 1 is 1.26 bits per heavy atom. The Bertz CT molecular complexity index is 427. The molecule has 2 nitrogen and oxygen atoms in total. The SMILES string of the molecule is COc1ccc(C2CC(C(C)C)CCC2N)c(C)c1. The van der Waals surface area contributed by atoms with Gasteiger partial charge in [0.2, 0.25) is 0 Å². The minimum Gasteiger partial charge on any atom is -0.497 e. The van der Waals surface area contributed by atoms with Gasteiger partial charge in [0.15, 0.2) is 0 Å². The zero-order valence-electron chi connectivity index (χ0n) is 12.6. The maximum absolute atomic E-state index is 6.38. The fourth-order valence-electron chi connectivity index (χ4n) is 3.38. The van der Waals surface area contributed by atoms with Crippen LogP contribution in [0.1, 0.15) is 50.2 Å². The van der Waals surface area contributed by atoms with E-state index in [0.717, 1.165) is 24.0 Å². The van der Waals surface area contributed by atoms with Gasteiger partial charge in [0.25, 0.3) is 0 Å². The van der Waals surface area contributed by atoms with Crippen LogP contribution in [0.4, 0.5) is 0 Å². The first-order valence-corrected chi connectivity index (χ1v) is 7.43. The highest BCUT2D eigenvalue weighted by atomic mass is 16.5. The Hall–Kier alpha value is -1.02. The zero-order chi connectivity index (χ0) is 14.0. The van der Waals surface area contributed by atoms with E-state index in [1.807, 2.05) is 0 Å². The van der Waals surface area contributed by atoms with Crippen molar-refractivity contribution in [2.45, 2.75) is 52.0 Å². The molecule has 3 unspecified atom stereocenters. The first-order chi connectivity index (χ1) is 9.02. The molecule has 1 saturated carbocycles. The zero-order valence-corrected chi connectivity index (χ0v) is 12.6. The first kappa shape index (κ1) is 14.4. The lowest BCUT2D eigenvalue weighted by Gasteiger charge is -2.37. The molecule has 3 atom stereocenters. The number of methoxy groups -OCH3 is 1. The van der Waals surface area contributed by atoms with Crippen LogP contribution in [0.25, 0.3) is 0 Å². The van der Waals surface area contributed by atoms with Crippen LogP contribution >= 0.6 is 0 Å². The second-order valence-corrected chi connectivity index (χ2v) is 6.31. The average molecular weight is 261 g/mol. The monoisotopic (exact) mass is 261 g/mol. The van der Waals surface area contributed by atoms with E-state index in [0.29, 0.717) is 12.0 Å². The van der Waals surface area contributed by atoms with Crippen LogP contribution in [0.5, 0.6) is 5.75 Å². The van der Waals surface area contributed by atoms with Gasteiger partial charge >= 0.3 is 0 Å². The minimum atomic E-state index is 0.307. The van der Waals surface area contributed by atoms with E-state index in [-0.39, 0.29) is 0 Å². The number of benzene rings is 1. The van der Waals surface area contributed by atoms with E-state index in [2.05, 4.69) is 39.0 Å². The van der Waals surface area contributed by atoms with Gasteiger partial charge in [-0.05, 0) is 67.2 Å². The number of hydrogen-bond acceptors (Lipinski definition) is 2. The van der Waals surface area contributed by atoms with Crippen molar-refractivity contribution in [1.29, 1.82) is 0 Å². The third kappa shape index (κ3) is 3.11. The molecule has 0 aromatic heterocycles. The summed E-state index contributed by atoms with van der Waals surface area (Å²) in [7, 11) is 1.72. The molecule has 0 amide bonds. The van der Waals surface area contributed by atoms with Gasteiger partial charge in [-0.2, -0.15) is 0 Å². The lowest BCUT2D eigenvalue weighted by atomic mass is 9.71. The minimum absolute atomic E-state index is 0.307. The molecule has 0 heterocycles. The van der Waals surface area contributed by atoms with Gasteiger partial charge in [0.1, 0.15) is 5.75 Å². The van der Waals surface area contributed by atoms with Crippen LogP contribution in [0.3, 0.4) is 0 Å². The molecule has 2 rings (SSSR count). The van der Waals surface area contributed by atoms with E-state index in [4.69, 9.17) is 10.5 Å². The topological polar surface area (TPSA) is 35.2 Å². The summed E-state index contributed by atoms with van der Waals surface area (Å²) in [6.07, 6.45) is 3.66. The van der Waals surface area contributed by atoms with Crippen molar-refractivity contribution >= 4 is 0 Å².